The van der Waals surface area contributed by atoms with Gasteiger partial charge in [-0.3, -0.25) is 4.79 Å². The second-order valence-corrected chi connectivity index (χ2v) is 8.56. The molecule has 0 spiro atoms. The van der Waals surface area contributed by atoms with Gasteiger partial charge in [0.25, 0.3) is 0 Å². The molecule has 2 unspecified atom stereocenters. The first-order valence-electron chi connectivity index (χ1n) is 8.22. The van der Waals surface area contributed by atoms with E-state index in [9.17, 15) is 23.1 Å². The summed E-state index contributed by atoms with van der Waals surface area (Å²) in [5.41, 5.74) is -1.44. The van der Waals surface area contributed by atoms with Crippen LogP contribution in [-0.4, -0.2) is 17.3 Å². The third-order valence-corrected chi connectivity index (χ3v) is 5.37. The van der Waals surface area contributed by atoms with Crippen molar-refractivity contribution in [3.05, 3.63) is 56.5 Å². The first-order valence-corrected chi connectivity index (χ1v) is 9.73. The fourth-order valence-corrected chi connectivity index (χ4v) is 3.61. The number of halogens is 7. The molecule has 2 nitrogen and oxygen atoms in total. The lowest BCUT2D eigenvalue weighted by molar-refractivity contribution is -0.209. The third-order valence-electron chi connectivity index (χ3n) is 4.58. The minimum absolute atomic E-state index is 0.218. The predicted octanol–water partition coefficient (Wildman–Crippen LogP) is 7.62. The summed E-state index contributed by atoms with van der Waals surface area (Å²) in [5, 5.41) is 10.5. The maximum atomic E-state index is 13.7. The highest BCUT2D eigenvalue weighted by Gasteiger charge is 2.58. The number of carboxylic acids is 1. The van der Waals surface area contributed by atoms with Gasteiger partial charge in [-0.15, -0.1) is 0 Å². The monoisotopic (exact) mass is 476 g/mol. The molecule has 9 heteroatoms. The van der Waals surface area contributed by atoms with Crippen molar-refractivity contribution in [2.24, 2.45) is 17.3 Å². The fourth-order valence-electron chi connectivity index (χ4n) is 3.00. The minimum Gasteiger partial charge on any atom is -0.481 e. The number of benzene rings is 1. The highest BCUT2D eigenvalue weighted by Crippen LogP contribution is 2.50. The molecule has 1 N–H and O–H groups in total. The molecule has 28 heavy (non-hydrogen) atoms. The van der Waals surface area contributed by atoms with Gasteiger partial charge in [-0.05, 0) is 36.1 Å². The number of hydrogen-bond donors (Lipinski definition) is 1. The van der Waals surface area contributed by atoms with Crippen LogP contribution in [0.3, 0.4) is 0 Å². The minimum atomic E-state index is -4.87. The molecule has 1 aromatic carbocycles. The van der Waals surface area contributed by atoms with Crippen molar-refractivity contribution in [2.75, 3.05) is 0 Å². The van der Waals surface area contributed by atoms with Gasteiger partial charge in [0.2, 0.25) is 0 Å². The Morgan fingerprint density at radius 3 is 2.07 bits per heavy atom. The van der Waals surface area contributed by atoms with Gasteiger partial charge >= 0.3 is 12.1 Å². The van der Waals surface area contributed by atoms with Gasteiger partial charge in [0.1, 0.15) is 4.49 Å². The number of alkyl halides is 3. The number of carbonyl (C=O) groups is 1. The molecule has 0 heterocycles. The fraction of sp³-hybridized carbons (Fsp3) is 0.421. The first-order chi connectivity index (χ1) is 12.8. The zero-order chi connectivity index (χ0) is 21.7. The van der Waals surface area contributed by atoms with Crippen LogP contribution in [0.25, 0.3) is 0 Å². The van der Waals surface area contributed by atoms with E-state index < -0.39 is 40.3 Å². The Balaban J connectivity index is 3.31. The van der Waals surface area contributed by atoms with Crippen LogP contribution in [0.15, 0.2) is 45.9 Å². The van der Waals surface area contributed by atoms with Crippen LogP contribution >= 0.6 is 46.4 Å². The molecule has 0 fully saturated rings. The van der Waals surface area contributed by atoms with E-state index in [4.69, 9.17) is 46.4 Å². The quantitative estimate of drug-likeness (QED) is 0.418. The molecule has 0 aliphatic carbocycles. The van der Waals surface area contributed by atoms with Gasteiger partial charge in [0.05, 0.1) is 11.3 Å². The van der Waals surface area contributed by atoms with E-state index in [0.717, 1.165) is 5.56 Å². The van der Waals surface area contributed by atoms with E-state index in [1.807, 2.05) is 0 Å². The standard InChI is InChI=1S/C19H19Cl4F3O2/c1-11(2)18(17(27)28,15(10-16(22)23)19(24,25)26)8-7-14(21)9-12-3-5-13(20)6-4-12/h3-7,10-11,15H,8-9H2,1-2H3,(H,27,28). The molecule has 156 valence electrons. The van der Waals surface area contributed by atoms with Crippen LogP contribution in [0.4, 0.5) is 13.2 Å². The zero-order valence-corrected chi connectivity index (χ0v) is 18.1. The molecule has 0 aliphatic rings. The van der Waals surface area contributed by atoms with E-state index >= 15 is 0 Å². The van der Waals surface area contributed by atoms with Crippen molar-refractivity contribution in [1.82, 2.24) is 0 Å². The van der Waals surface area contributed by atoms with E-state index in [1.54, 1.807) is 24.3 Å². The Morgan fingerprint density at radius 1 is 1.14 bits per heavy atom. The lowest BCUT2D eigenvalue weighted by atomic mass is 9.65. The van der Waals surface area contributed by atoms with E-state index in [-0.39, 0.29) is 11.5 Å². The lowest BCUT2D eigenvalue weighted by Gasteiger charge is -2.39. The molecule has 2 atom stereocenters. The van der Waals surface area contributed by atoms with Crippen molar-refractivity contribution < 1.29 is 23.1 Å². The van der Waals surface area contributed by atoms with Gasteiger partial charge in [0, 0.05) is 16.5 Å². The van der Waals surface area contributed by atoms with Gasteiger partial charge in [-0.1, -0.05) is 78.5 Å². The molecule has 1 aromatic rings. The molecule has 0 aromatic heterocycles. The highest BCUT2D eigenvalue weighted by molar-refractivity contribution is 6.55. The van der Waals surface area contributed by atoms with E-state index in [1.165, 1.54) is 19.9 Å². The molecular weight excluding hydrogens is 459 g/mol. The van der Waals surface area contributed by atoms with Crippen LogP contribution in [-0.2, 0) is 11.2 Å². The Bertz CT molecular complexity index is 739. The molecular formula is C19H19Cl4F3O2. The van der Waals surface area contributed by atoms with Crippen molar-refractivity contribution in [2.45, 2.75) is 32.9 Å². The Morgan fingerprint density at radius 2 is 1.68 bits per heavy atom. The van der Waals surface area contributed by atoms with Crippen molar-refractivity contribution in [3.8, 4) is 0 Å². The van der Waals surface area contributed by atoms with Gasteiger partial charge in [-0.25, -0.2) is 0 Å². The number of hydrogen-bond acceptors (Lipinski definition) is 1. The number of rotatable bonds is 8. The summed E-state index contributed by atoms with van der Waals surface area (Å²) in [4.78, 5) is 12.0. The Hall–Kier alpha value is -0.880. The summed E-state index contributed by atoms with van der Waals surface area (Å²) in [5.74, 6) is -4.89. The molecule has 0 radical (unpaired) electrons. The summed E-state index contributed by atoms with van der Waals surface area (Å²) in [6.45, 7) is 2.81. The van der Waals surface area contributed by atoms with Crippen molar-refractivity contribution >= 4 is 52.4 Å². The number of aliphatic carboxylic acids is 1. The van der Waals surface area contributed by atoms with Crippen LogP contribution < -0.4 is 0 Å². The predicted molar refractivity (Wildman–Crippen MR) is 108 cm³/mol. The largest absolute Gasteiger partial charge is 0.481 e. The number of carboxylic acid groups (broad SMARTS) is 1. The topological polar surface area (TPSA) is 37.3 Å². The Labute approximate surface area is 181 Å². The SMILES string of the molecule is CC(C)C(CC=C(Cl)Cc1ccc(Cl)cc1)(C(=O)O)C(C=C(Cl)Cl)C(F)(F)F. The summed E-state index contributed by atoms with van der Waals surface area (Å²) >= 11 is 22.9. The maximum Gasteiger partial charge on any atom is 0.396 e. The average molecular weight is 478 g/mol. The van der Waals surface area contributed by atoms with Gasteiger partial charge in [-0.2, -0.15) is 13.2 Å². The van der Waals surface area contributed by atoms with Crippen LogP contribution in [0.2, 0.25) is 5.02 Å². The molecule has 0 aliphatic heterocycles. The normalized spacial score (nSPS) is 15.9. The Kier molecular flexibility index (Phi) is 9.20. The van der Waals surface area contributed by atoms with E-state index in [2.05, 4.69) is 0 Å². The smallest absolute Gasteiger partial charge is 0.396 e. The van der Waals surface area contributed by atoms with Crippen molar-refractivity contribution in [3.63, 3.8) is 0 Å². The zero-order valence-electron chi connectivity index (χ0n) is 15.0. The molecule has 0 saturated heterocycles. The third kappa shape index (κ3) is 6.58. The van der Waals surface area contributed by atoms with Gasteiger partial charge < -0.3 is 5.11 Å². The van der Waals surface area contributed by atoms with Crippen LogP contribution in [0.5, 0.6) is 0 Å². The second-order valence-electron chi connectivity index (χ2n) is 6.63. The second kappa shape index (κ2) is 10.2. The van der Waals surface area contributed by atoms with E-state index in [0.29, 0.717) is 11.1 Å². The summed E-state index contributed by atoms with van der Waals surface area (Å²) < 4.78 is 40.5. The van der Waals surface area contributed by atoms with Crippen LogP contribution in [0.1, 0.15) is 25.8 Å². The molecule has 0 amide bonds. The first kappa shape index (κ1) is 25.2. The summed E-state index contributed by atoms with van der Waals surface area (Å²) in [7, 11) is 0. The molecule has 0 saturated carbocycles. The summed E-state index contributed by atoms with van der Waals surface area (Å²) in [6.07, 6.45) is -3.26. The maximum absolute atomic E-state index is 13.7. The highest BCUT2D eigenvalue weighted by atomic mass is 35.5. The number of allylic oxidation sites excluding steroid dienone is 3. The average Bonchev–Trinajstić information content (AvgIpc) is 2.54. The van der Waals surface area contributed by atoms with Gasteiger partial charge in [0.15, 0.2) is 0 Å². The summed E-state index contributed by atoms with van der Waals surface area (Å²) in [6, 6.07) is 6.76. The van der Waals surface area contributed by atoms with Crippen LogP contribution in [0, 0.1) is 17.3 Å². The lowest BCUT2D eigenvalue weighted by Crippen LogP contribution is -2.48. The molecule has 1 rings (SSSR count). The van der Waals surface area contributed by atoms with Crippen molar-refractivity contribution in [1.29, 1.82) is 0 Å². The molecule has 0 bridgehead atoms.